The van der Waals surface area contributed by atoms with Crippen LogP contribution in [-0.2, 0) is 28.6 Å². The van der Waals surface area contributed by atoms with Crippen molar-refractivity contribution >= 4 is 17.9 Å². The average Bonchev–Trinajstić information content (AvgIpc) is 3.46. The second-order valence-electron chi connectivity index (χ2n) is 24.5. The van der Waals surface area contributed by atoms with Crippen LogP contribution in [0.25, 0.3) is 0 Å². The third kappa shape index (κ3) is 66.4. The topological polar surface area (TPSA) is 78.9 Å². The third-order valence-electron chi connectivity index (χ3n) is 16.4. The van der Waals surface area contributed by atoms with Gasteiger partial charge in [-0.25, -0.2) is 0 Å². The monoisotopic (exact) mass is 1120 g/mol. The molecule has 0 fully saturated rings. The summed E-state index contributed by atoms with van der Waals surface area (Å²) in [6, 6.07) is 0. The molecule has 0 spiro atoms. The van der Waals surface area contributed by atoms with Gasteiger partial charge in [-0.15, -0.1) is 0 Å². The molecule has 1 atom stereocenters. The largest absolute Gasteiger partial charge is 0.462 e. The molecule has 6 nitrogen and oxygen atoms in total. The molecular weight excluding hydrogens is 985 g/mol. The van der Waals surface area contributed by atoms with Gasteiger partial charge in [0.05, 0.1) is 0 Å². The van der Waals surface area contributed by atoms with Gasteiger partial charge in [-0.05, 0) is 77.0 Å². The second kappa shape index (κ2) is 69.1. The van der Waals surface area contributed by atoms with E-state index in [0.717, 1.165) is 70.6 Å². The molecule has 0 radical (unpaired) electrons. The number of hydrogen-bond acceptors (Lipinski definition) is 6. The summed E-state index contributed by atoms with van der Waals surface area (Å²) >= 11 is 0. The molecule has 80 heavy (non-hydrogen) atoms. The first-order valence-electron chi connectivity index (χ1n) is 36.0. The minimum absolute atomic E-state index is 0.0696. The Kier molecular flexibility index (Phi) is 67.1. The van der Waals surface area contributed by atoms with Crippen LogP contribution in [0.5, 0.6) is 0 Å². The zero-order valence-corrected chi connectivity index (χ0v) is 54.1. The molecule has 0 heterocycles. The van der Waals surface area contributed by atoms with Crippen LogP contribution in [0.2, 0.25) is 0 Å². The quantitative estimate of drug-likeness (QED) is 0.0261. The highest BCUT2D eigenvalue weighted by molar-refractivity contribution is 5.71. The fourth-order valence-corrected chi connectivity index (χ4v) is 10.9. The number of ether oxygens (including phenoxy) is 3. The number of carbonyl (C=O) groups excluding carboxylic acids is 3. The van der Waals surface area contributed by atoms with E-state index in [9.17, 15) is 14.4 Å². The predicted octanol–water partition coefficient (Wildman–Crippen LogP) is 24.7. The highest BCUT2D eigenvalue weighted by Gasteiger charge is 2.19. The van der Waals surface area contributed by atoms with Crippen LogP contribution in [-0.4, -0.2) is 37.2 Å². The summed E-state index contributed by atoms with van der Waals surface area (Å²) < 4.78 is 17.0. The zero-order valence-electron chi connectivity index (χ0n) is 54.1. The predicted molar refractivity (Wildman–Crippen MR) is 349 cm³/mol. The van der Waals surface area contributed by atoms with Crippen molar-refractivity contribution in [2.45, 2.75) is 406 Å². The Balaban J connectivity index is 4.28. The average molecular weight is 1120 g/mol. The van der Waals surface area contributed by atoms with Crippen LogP contribution in [0.1, 0.15) is 400 Å². The minimum atomic E-state index is -0.774. The van der Waals surface area contributed by atoms with E-state index in [0.29, 0.717) is 19.3 Å². The first-order valence-corrected chi connectivity index (χ1v) is 36.0. The smallest absolute Gasteiger partial charge is 0.306 e. The van der Waals surface area contributed by atoms with Crippen molar-refractivity contribution in [2.75, 3.05) is 13.2 Å². The van der Waals surface area contributed by atoms with Gasteiger partial charge in [0.2, 0.25) is 0 Å². The summed E-state index contributed by atoms with van der Waals surface area (Å²) in [5.74, 6) is -0.846. The number of carbonyl (C=O) groups is 3. The summed E-state index contributed by atoms with van der Waals surface area (Å²) in [5, 5.41) is 0. The molecule has 470 valence electrons. The van der Waals surface area contributed by atoms with Gasteiger partial charge in [0.25, 0.3) is 0 Å². The van der Waals surface area contributed by atoms with Gasteiger partial charge >= 0.3 is 17.9 Å². The molecule has 0 bridgehead atoms. The van der Waals surface area contributed by atoms with Crippen LogP contribution in [0.3, 0.4) is 0 Å². The zero-order chi connectivity index (χ0) is 57.8. The van der Waals surface area contributed by atoms with Crippen molar-refractivity contribution in [1.29, 1.82) is 0 Å². The maximum atomic E-state index is 13.0. The summed E-state index contributed by atoms with van der Waals surface area (Å²) in [6.07, 6.45) is 86.0. The Morgan fingerprint density at radius 1 is 0.250 bits per heavy atom. The van der Waals surface area contributed by atoms with E-state index in [2.05, 4.69) is 57.2 Å². The lowest BCUT2D eigenvalue weighted by Crippen LogP contribution is -2.30. The molecule has 1 unspecified atom stereocenters. The van der Waals surface area contributed by atoms with Crippen LogP contribution in [0.4, 0.5) is 0 Å². The number of hydrogen-bond donors (Lipinski definition) is 0. The highest BCUT2D eigenvalue weighted by Crippen LogP contribution is 2.19. The summed E-state index contributed by atoms with van der Waals surface area (Å²) in [7, 11) is 0. The van der Waals surface area contributed by atoms with Crippen molar-refractivity contribution in [2.24, 2.45) is 0 Å². The number of esters is 3. The Morgan fingerprint density at radius 3 is 0.725 bits per heavy atom. The van der Waals surface area contributed by atoms with Gasteiger partial charge in [-0.2, -0.15) is 0 Å². The number of unbranched alkanes of at least 4 members (excludes halogenated alkanes) is 50. The second-order valence-corrected chi connectivity index (χ2v) is 24.5. The molecule has 0 rings (SSSR count). The Labute approximate surface area is 499 Å². The van der Waals surface area contributed by atoms with Gasteiger partial charge in [-0.3, -0.25) is 14.4 Å². The fourth-order valence-electron chi connectivity index (χ4n) is 10.9. The van der Waals surface area contributed by atoms with Crippen molar-refractivity contribution in [3.05, 3.63) is 36.5 Å². The molecule has 0 aliphatic rings. The number of rotatable bonds is 67. The SMILES string of the molecule is CCCCC/C=C\C/C=C\CCCCCCCCCC(=O)OCC(COC(=O)CCCCCCCCCCCCCCC/C=C\CCCCCCCCCC)OC(=O)CCCCCCCCCCCCCCCCCCCCCC. The normalized spacial score (nSPS) is 12.2. The van der Waals surface area contributed by atoms with Crippen LogP contribution < -0.4 is 0 Å². The van der Waals surface area contributed by atoms with Gasteiger partial charge < -0.3 is 14.2 Å². The first-order chi connectivity index (χ1) is 39.5. The van der Waals surface area contributed by atoms with E-state index in [1.807, 2.05) is 0 Å². The molecule has 0 saturated heterocycles. The van der Waals surface area contributed by atoms with Crippen LogP contribution in [0, 0.1) is 0 Å². The third-order valence-corrected chi connectivity index (χ3v) is 16.4. The van der Waals surface area contributed by atoms with Crippen molar-refractivity contribution in [3.8, 4) is 0 Å². The molecule has 0 aromatic rings. The van der Waals surface area contributed by atoms with Gasteiger partial charge in [0, 0.05) is 19.3 Å². The molecule has 0 aromatic carbocycles. The number of allylic oxidation sites excluding steroid dienone is 6. The van der Waals surface area contributed by atoms with E-state index >= 15 is 0 Å². The van der Waals surface area contributed by atoms with Crippen molar-refractivity contribution < 1.29 is 28.6 Å². The minimum Gasteiger partial charge on any atom is -0.462 e. The van der Waals surface area contributed by atoms with E-state index in [1.54, 1.807) is 0 Å². The van der Waals surface area contributed by atoms with Gasteiger partial charge in [-0.1, -0.05) is 340 Å². The standard InChI is InChI=1S/C74H138O6/c1-4-7-10-13-16-19-22-25-28-31-33-35-36-37-38-39-41-43-46-49-52-55-58-61-64-67-73(76)79-70-71(69-78-72(75)66-63-60-57-54-51-48-45-42-30-27-24-21-18-15-12-9-6-3)80-74(77)68-65-62-59-56-53-50-47-44-40-34-32-29-26-23-20-17-14-11-8-5-2/h18,21,27,30-31,33,71H,4-17,19-20,22-26,28-29,32,34-70H2,1-3H3/b21-18-,30-27-,33-31-. The summed E-state index contributed by atoms with van der Waals surface area (Å²) in [5.41, 5.74) is 0. The molecule has 0 aliphatic heterocycles. The van der Waals surface area contributed by atoms with Crippen LogP contribution >= 0.6 is 0 Å². The lowest BCUT2D eigenvalue weighted by Gasteiger charge is -2.18. The van der Waals surface area contributed by atoms with E-state index in [1.165, 1.54) is 289 Å². The van der Waals surface area contributed by atoms with E-state index in [-0.39, 0.29) is 31.1 Å². The molecule has 0 aliphatic carbocycles. The summed E-state index contributed by atoms with van der Waals surface area (Å²) in [4.78, 5) is 38.5. The van der Waals surface area contributed by atoms with Crippen LogP contribution in [0.15, 0.2) is 36.5 Å². The lowest BCUT2D eigenvalue weighted by molar-refractivity contribution is -0.167. The molecule has 0 saturated carbocycles. The maximum Gasteiger partial charge on any atom is 0.306 e. The molecule has 0 aromatic heterocycles. The van der Waals surface area contributed by atoms with E-state index < -0.39 is 6.10 Å². The van der Waals surface area contributed by atoms with Gasteiger partial charge in [0.1, 0.15) is 13.2 Å². The van der Waals surface area contributed by atoms with E-state index in [4.69, 9.17) is 14.2 Å². The highest BCUT2D eigenvalue weighted by atomic mass is 16.6. The Morgan fingerprint density at radius 2 is 0.450 bits per heavy atom. The first kappa shape index (κ1) is 77.6. The maximum absolute atomic E-state index is 13.0. The lowest BCUT2D eigenvalue weighted by atomic mass is 10.0. The Hall–Kier alpha value is -2.37. The molecule has 0 N–H and O–H groups in total. The molecule has 6 heteroatoms. The fraction of sp³-hybridized carbons (Fsp3) is 0.878. The van der Waals surface area contributed by atoms with Crippen molar-refractivity contribution in [3.63, 3.8) is 0 Å². The Bertz CT molecular complexity index is 1340. The van der Waals surface area contributed by atoms with Gasteiger partial charge in [0.15, 0.2) is 6.10 Å². The van der Waals surface area contributed by atoms with Crippen molar-refractivity contribution in [1.82, 2.24) is 0 Å². The molecular formula is C74H138O6. The molecule has 0 amide bonds. The summed E-state index contributed by atoms with van der Waals surface area (Å²) in [6.45, 7) is 6.69.